The Morgan fingerprint density at radius 1 is 1.24 bits per heavy atom. The highest BCUT2D eigenvalue weighted by atomic mass is 32.1. The number of thiazole rings is 1. The molecule has 1 unspecified atom stereocenters. The van der Waals surface area contributed by atoms with Crippen LogP contribution < -0.4 is 5.32 Å². The zero-order valence-electron chi connectivity index (χ0n) is 11.7. The Labute approximate surface area is 126 Å². The molecule has 5 nitrogen and oxygen atoms in total. The fourth-order valence-electron chi connectivity index (χ4n) is 2.76. The molecule has 4 rings (SSSR count). The Balaban J connectivity index is 1.81. The Morgan fingerprint density at radius 2 is 2.10 bits per heavy atom. The van der Waals surface area contributed by atoms with Crippen molar-refractivity contribution in [3.05, 3.63) is 52.9 Å². The van der Waals surface area contributed by atoms with E-state index >= 15 is 0 Å². The van der Waals surface area contributed by atoms with Gasteiger partial charge in [0.1, 0.15) is 0 Å². The maximum absolute atomic E-state index is 4.44. The van der Waals surface area contributed by atoms with Crippen molar-refractivity contribution < 1.29 is 0 Å². The molecule has 0 amide bonds. The average molecular weight is 297 g/mol. The van der Waals surface area contributed by atoms with Crippen LogP contribution in [0.25, 0.3) is 10.7 Å². The van der Waals surface area contributed by atoms with Crippen molar-refractivity contribution in [3.8, 4) is 10.7 Å². The second kappa shape index (κ2) is 5.05. The number of benzene rings is 1. The van der Waals surface area contributed by atoms with Crippen molar-refractivity contribution in [1.82, 2.24) is 25.1 Å². The number of hydrogen-bond acceptors (Lipinski definition) is 5. The second-order valence-electron chi connectivity index (χ2n) is 5.10. The maximum Gasteiger partial charge on any atom is 0.176 e. The minimum atomic E-state index is 0.106. The first-order valence-electron chi connectivity index (χ1n) is 6.96. The van der Waals surface area contributed by atoms with Crippen molar-refractivity contribution in [2.45, 2.75) is 19.5 Å². The molecule has 0 spiro atoms. The molecular weight excluding hydrogens is 282 g/mol. The van der Waals surface area contributed by atoms with Gasteiger partial charge >= 0.3 is 0 Å². The SMILES string of the molecule is Cc1ncsc1-c1nnc2n1CCNC2c1ccccc1. The molecule has 2 aromatic heterocycles. The molecule has 3 heterocycles. The molecule has 0 saturated carbocycles. The first-order chi connectivity index (χ1) is 10.3. The van der Waals surface area contributed by atoms with Gasteiger partial charge in [-0.1, -0.05) is 30.3 Å². The van der Waals surface area contributed by atoms with Crippen LogP contribution in [-0.2, 0) is 6.54 Å². The molecule has 0 saturated heterocycles. The second-order valence-corrected chi connectivity index (χ2v) is 5.95. The van der Waals surface area contributed by atoms with E-state index in [0.29, 0.717) is 0 Å². The number of hydrogen-bond donors (Lipinski definition) is 1. The third kappa shape index (κ3) is 2.07. The molecule has 0 aliphatic carbocycles. The molecular formula is C15H15N5S. The van der Waals surface area contributed by atoms with Crippen molar-refractivity contribution in [3.63, 3.8) is 0 Å². The van der Waals surface area contributed by atoms with E-state index in [0.717, 1.165) is 35.3 Å². The van der Waals surface area contributed by atoms with Crippen molar-refractivity contribution in [2.75, 3.05) is 6.54 Å². The predicted octanol–water partition coefficient (Wildman–Crippen LogP) is 2.40. The maximum atomic E-state index is 4.44. The summed E-state index contributed by atoms with van der Waals surface area (Å²) < 4.78 is 2.22. The lowest BCUT2D eigenvalue weighted by molar-refractivity contribution is 0.458. The Hall–Kier alpha value is -2.05. The Kier molecular flexibility index (Phi) is 3.05. The Bertz CT molecular complexity index is 761. The average Bonchev–Trinajstić information content (AvgIpc) is 3.13. The molecule has 1 aliphatic rings. The predicted molar refractivity (Wildman–Crippen MR) is 82.2 cm³/mol. The molecule has 1 aromatic carbocycles. The van der Waals surface area contributed by atoms with Crippen molar-refractivity contribution in [2.24, 2.45) is 0 Å². The van der Waals surface area contributed by atoms with Crippen LogP contribution in [-0.4, -0.2) is 26.3 Å². The fraction of sp³-hybridized carbons (Fsp3) is 0.267. The van der Waals surface area contributed by atoms with Gasteiger partial charge in [-0.15, -0.1) is 21.5 Å². The van der Waals surface area contributed by atoms with Gasteiger partial charge in [0.05, 0.1) is 22.1 Å². The van der Waals surface area contributed by atoms with E-state index in [1.807, 2.05) is 18.5 Å². The van der Waals surface area contributed by atoms with Crippen LogP contribution in [0.4, 0.5) is 0 Å². The van der Waals surface area contributed by atoms with E-state index in [1.165, 1.54) is 5.56 Å². The largest absolute Gasteiger partial charge is 0.307 e. The van der Waals surface area contributed by atoms with Crippen LogP contribution in [0.1, 0.15) is 23.1 Å². The van der Waals surface area contributed by atoms with E-state index in [2.05, 4.69) is 49.3 Å². The van der Waals surface area contributed by atoms with Gasteiger partial charge in [-0.2, -0.15) is 0 Å². The summed E-state index contributed by atoms with van der Waals surface area (Å²) in [6, 6.07) is 10.5. The summed E-state index contributed by atoms with van der Waals surface area (Å²) in [7, 11) is 0. The van der Waals surface area contributed by atoms with Gasteiger partial charge in [0.15, 0.2) is 11.6 Å². The molecule has 6 heteroatoms. The molecule has 1 atom stereocenters. The minimum absolute atomic E-state index is 0.106. The van der Waals surface area contributed by atoms with Gasteiger partial charge < -0.3 is 9.88 Å². The summed E-state index contributed by atoms with van der Waals surface area (Å²) in [5.41, 5.74) is 4.10. The smallest absolute Gasteiger partial charge is 0.176 e. The number of nitrogens with zero attached hydrogens (tertiary/aromatic N) is 4. The molecule has 0 radical (unpaired) electrons. The van der Waals surface area contributed by atoms with Gasteiger partial charge in [0.2, 0.25) is 0 Å². The standard InChI is InChI=1S/C15H15N5S/c1-10-13(21-9-17-10)15-19-18-14-12(16-7-8-20(14)15)11-5-3-2-4-6-11/h2-6,9,12,16H,7-8H2,1H3. The number of rotatable bonds is 2. The van der Waals surface area contributed by atoms with Crippen LogP contribution in [0, 0.1) is 6.92 Å². The van der Waals surface area contributed by atoms with E-state index < -0.39 is 0 Å². The van der Waals surface area contributed by atoms with Gasteiger partial charge in [-0.05, 0) is 12.5 Å². The summed E-state index contributed by atoms with van der Waals surface area (Å²) in [5, 5.41) is 12.4. The fourth-order valence-corrected chi connectivity index (χ4v) is 3.55. The lowest BCUT2D eigenvalue weighted by Gasteiger charge is -2.25. The van der Waals surface area contributed by atoms with Crippen molar-refractivity contribution >= 4 is 11.3 Å². The molecule has 1 N–H and O–H groups in total. The number of aryl methyl sites for hydroxylation is 1. The summed E-state index contributed by atoms with van der Waals surface area (Å²) in [4.78, 5) is 5.43. The van der Waals surface area contributed by atoms with E-state index in [9.17, 15) is 0 Å². The Morgan fingerprint density at radius 3 is 2.86 bits per heavy atom. The molecule has 0 fully saturated rings. The van der Waals surface area contributed by atoms with E-state index in [-0.39, 0.29) is 6.04 Å². The van der Waals surface area contributed by atoms with Crippen molar-refractivity contribution in [1.29, 1.82) is 0 Å². The van der Waals surface area contributed by atoms with Gasteiger partial charge in [-0.25, -0.2) is 4.98 Å². The molecule has 1 aliphatic heterocycles. The summed E-state index contributed by atoms with van der Waals surface area (Å²) in [6.45, 7) is 3.82. The first kappa shape index (κ1) is 12.7. The van der Waals surface area contributed by atoms with Crippen LogP contribution in [0.2, 0.25) is 0 Å². The number of aromatic nitrogens is 4. The van der Waals surface area contributed by atoms with Crippen LogP contribution in [0.15, 0.2) is 35.8 Å². The van der Waals surface area contributed by atoms with Crippen LogP contribution >= 0.6 is 11.3 Å². The molecule has 21 heavy (non-hydrogen) atoms. The van der Waals surface area contributed by atoms with Gasteiger partial charge in [0, 0.05) is 13.1 Å². The van der Waals surface area contributed by atoms with Crippen LogP contribution in [0.5, 0.6) is 0 Å². The van der Waals surface area contributed by atoms with Gasteiger partial charge in [0.25, 0.3) is 0 Å². The zero-order valence-corrected chi connectivity index (χ0v) is 12.5. The highest BCUT2D eigenvalue weighted by molar-refractivity contribution is 7.13. The first-order valence-corrected chi connectivity index (χ1v) is 7.84. The minimum Gasteiger partial charge on any atom is -0.307 e. The van der Waals surface area contributed by atoms with E-state index in [4.69, 9.17) is 0 Å². The summed E-state index contributed by atoms with van der Waals surface area (Å²) in [6.07, 6.45) is 0. The number of fused-ring (bicyclic) bond motifs is 1. The molecule has 0 bridgehead atoms. The van der Waals surface area contributed by atoms with Crippen LogP contribution in [0.3, 0.4) is 0 Å². The molecule has 3 aromatic rings. The van der Waals surface area contributed by atoms with E-state index in [1.54, 1.807) is 11.3 Å². The highest BCUT2D eigenvalue weighted by Crippen LogP contribution is 2.30. The third-order valence-corrected chi connectivity index (χ3v) is 4.73. The zero-order chi connectivity index (χ0) is 14.2. The summed E-state index contributed by atoms with van der Waals surface area (Å²) >= 11 is 1.62. The molecule has 106 valence electrons. The number of nitrogens with one attached hydrogen (secondary N) is 1. The lowest BCUT2D eigenvalue weighted by atomic mass is 10.0. The normalized spacial score (nSPS) is 17.7. The third-order valence-electron chi connectivity index (χ3n) is 3.80. The monoisotopic (exact) mass is 297 g/mol. The van der Waals surface area contributed by atoms with Gasteiger partial charge in [-0.3, -0.25) is 0 Å². The topological polar surface area (TPSA) is 55.6 Å². The quantitative estimate of drug-likeness (QED) is 0.789. The highest BCUT2D eigenvalue weighted by Gasteiger charge is 2.27. The summed E-state index contributed by atoms with van der Waals surface area (Å²) in [5.74, 6) is 1.92. The lowest BCUT2D eigenvalue weighted by Crippen LogP contribution is -2.34.